The summed E-state index contributed by atoms with van der Waals surface area (Å²) in [6.45, 7) is -0.587. The Balaban J connectivity index is 1.56. The van der Waals surface area contributed by atoms with Crippen LogP contribution in [0.25, 0.3) is 10.2 Å². The number of halogens is 3. The van der Waals surface area contributed by atoms with Gasteiger partial charge in [0.2, 0.25) is 0 Å². The molecule has 0 atom stereocenters. The summed E-state index contributed by atoms with van der Waals surface area (Å²) in [7, 11) is 1.52. The number of hydrogen-bond acceptors (Lipinski definition) is 6. The van der Waals surface area contributed by atoms with E-state index in [0.717, 1.165) is 17.4 Å². The first-order valence-electron chi connectivity index (χ1n) is 7.90. The standard InChI is InChI=1S/C18H13F3N2O4S/c1-26-10-4-2-9(3-5-10)6-14(25)27-8-13(24)22-18-23-17-12(28-18)7-11(19)15(20)16(17)21/h2-5,7H,6,8H2,1H3,(H,22,23,24). The van der Waals surface area contributed by atoms with Gasteiger partial charge in [0, 0.05) is 0 Å². The molecule has 0 unspecified atom stereocenters. The number of nitrogens with one attached hydrogen (secondary N) is 1. The minimum Gasteiger partial charge on any atom is -0.497 e. The molecule has 3 rings (SSSR count). The van der Waals surface area contributed by atoms with Crippen LogP contribution in [0.5, 0.6) is 5.75 Å². The zero-order valence-electron chi connectivity index (χ0n) is 14.4. The van der Waals surface area contributed by atoms with Crippen molar-refractivity contribution in [2.75, 3.05) is 19.0 Å². The number of aromatic nitrogens is 1. The van der Waals surface area contributed by atoms with Crippen molar-refractivity contribution in [2.45, 2.75) is 6.42 Å². The second-order valence-corrected chi connectivity index (χ2v) is 6.62. The minimum absolute atomic E-state index is 0.0307. The van der Waals surface area contributed by atoms with Crippen molar-refractivity contribution in [1.82, 2.24) is 4.98 Å². The predicted octanol–water partition coefficient (Wildman–Crippen LogP) is 3.45. The second kappa shape index (κ2) is 8.26. The topological polar surface area (TPSA) is 77.5 Å². The molecule has 0 radical (unpaired) electrons. The van der Waals surface area contributed by atoms with Crippen LogP contribution in [0.15, 0.2) is 30.3 Å². The number of nitrogens with zero attached hydrogens (tertiary/aromatic N) is 1. The van der Waals surface area contributed by atoms with Crippen LogP contribution in [-0.4, -0.2) is 30.6 Å². The van der Waals surface area contributed by atoms with Crippen molar-refractivity contribution in [3.05, 3.63) is 53.3 Å². The van der Waals surface area contributed by atoms with E-state index < -0.39 is 41.5 Å². The molecule has 1 N–H and O–H groups in total. The summed E-state index contributed by atoms with van der Waals surface area (Å²) in [4.78, 5) is 27.4. The highest BCUT2D eigenvalue weighted by molar-refractivity contribution is 7.22. The van der Waals surface area contributed by atoms with E-state index in [1.54, 1.807) is 24.3 Å². The Kier molecular flexibility index (Phi) is 5.78. The van der Waals surface area contributed by atoms with Crippen molar-refractivity contribution in [3.8, 4) is 5.75 Å². The van der Waals surface area contributed by atoms with Gasteiger partial charge in [0.05, 0.1) is 18.2 Å². The Labute approximate surface area is 160 Å². The van der Waals surface area contributed by atoms with Crippen molar-refractivity contribution in [1.29, 1.82) is 0 Å². The SMILES string of the molecule is COc1ccc(CC(=O)OCC(=O)Nc2nc3c(F)c(F)c(F)cc3s2)cc1. The van der Waals surface area contributed by atoms with Gasteiger partial charge in [-0.15, -0.1) is 0 Å². The van der Waals surface area contributed by atoms with E-state index in [9.17, 15) is 22.8 Å². The van der Waals surface area contributed by atoms with Crippen LogP contribution < -0.4 is 10.1 Å². The van der Waals surface area contributed by atoms with Crippen LogP contribution in [0.4, 0.5) is 18.3 Å². The highest BCUT2D eigenvalue weighted by atomic mass is 32.1. The summed E-state index contributed by atoms with van der Waals surface area (Å²) in [5, 5.41) is 2.22. The van der Waals surface area contributed by atoms with Gasteiger partial charge in [0.25, 0.3) is 5.91 Å². The van der Waals surface area contributed by atoms with E-state index in [1.165, 1.54) is 7.11 Å². The molecule has 0 bridgehead atoms. The third-order valence-electron chi connectivity index (χ3n) is 3.64. The maximum absolute atomic E-state index is 13.7. The number of ether oxygens (including phenoxy) is 2. The number of esters is 1. The number of carbonyl (C=O) groups excluding carboxylic acids is 2. The average molecular weight is 410 g/mol. The van der Waals surface area contributed by atoms with Crippen LogP contribution in [0.2, 0.25) is 0 Å². The molecule has 10 heteroatoms. The number of hydrogen-bond donors (Lipinski definition) is 1. The van der Waals surface area contributed by atoms with Gasteiger partial charge in [-0.05, 0) is 23.8 Å². The summed E-state index contributed by atoms with van der Waals surface area (Å²) < 4.78 is 50.0. The van der Waals surface area contributed by atoms with Crippen LogP contribution >= 0.6 is 11.3 Å². The lowest BCUT2D eigenvalue weighted by molar-refractivity contribution is -0.146. The van der Waals surface area contributed by atoms with Crippen LogP contribution in [0.1, 0.15) is 5.56 Å². The lowest BCUT2D eigenvalue weighted by atomic mass is 10.1. The van der Waals surface area contributed by atoms with Crippen molar-refractivity contribution in [2.24, 2.45) is 0 Å². The number of amides is 1. The molecule has 0 saturated heterocycles. The third-order valence-corrected chi connectivity index (χ3v) is 4.56. The van der Waals surface area contributed by atoms with E-state index in [1.807, 2.05) is 0 Å². The average Bonchev–Trinajstić information content (AvgIpc) is 3.07. The molecule has 1 amide bonds. The van der Waals surface area contributed by atoms with Crippen molar-refractivity contribution >= 4 is 38.6 Å². The Hall–Kier alpha value is -3.14. The van der Waals surface area contributed by atoms with Gasteiger partial charge in [0.15, 0.2) is 29.2 Å². The highest BCUT2D eigenvalue weighted by Gasteiger charge is 2.18. The zero-order chi connectivity index (χ0) is 20.3. The largest absolute Gasteiger partial charge is 0.497 e. The summed E-state index contributed by atoms with van der Waals surface area (Å²) in [5.74, 6) is -5.12. The maximum atomic E-state index is 13.7. The smallest absolute Gasteiger partial charge is 0.310 e. The fourth-order valence-corrected chi connectivity index (χ4v) is 3.19. The number of rotatable bonds is 6. The third kappa shape index (κ3) is 4.39. The van der Waals surface area contributed by atoms with Gasteiger partial charge in [-0.25, -0.2) is 18.2 Å². The molecule has 1 aromatic heterocycles. The van der Waals surface area contributed by atoms with Crippen LogP contribution in [-0.2, 0) is 20.7 Å². The van der Waals surface area contributed by atoms with Gasteiger partial charge in [-0.2, -0.15) is 0 Å². The highest BCUT2D eigenvalue weighted by Crippen LogP contribution is 2.30. The number of anilines is 1. The normalized spacial score (nSPS) is 10.7. The van der Waals surface area contributed by atoms with Crippen LogP contribution in [0.3, 0.4) is 0 Å². The van der Waals surface area contributed by atoms with Gasteiger partial charge in [0.1, 0.15) is 11.3 Å². The van der Waals surface area contributed by atoms with Gasteiger partial charge < -0.3 is 9.47 Å². The number of carbonyl (C=O) groups is 2. The summed E-state index contributed by atoms with van der Waals surface area (Å²) in [6.07, 6.45) is -0.0395. The number of fused-ring (bicyclic) bond motifs is 1. The fourth-order valence-electron chi connectivity index (χ4n) is 2.29. The van der Waals surface area contributed by atoms with E-state index >= 15 is 0 Å². The van der Waals surface area contributed by atoms with Crippen LogP contribution in [0, 0.1) is 17.5 Å². The molecule has 2 aromatic carbocycles. The lowest BCUT2D eigenvalue weighted by Crippen LogP contribution is -2.21. The number of benzene rings is 2. The molecule has 6 nitrogen and oxygen atoms in total. The molecule has 0 aliphatic rings. The summed E-state index contributed by atoms with van der Waals surface area (Å²) in [5.41, 5.74) is 0.285. The van der Waals surface area contributed by atoms with E-state index in [2.05, 4.69) is 10.3 Å². The molecule has 0 aliphatic carbocycles. The Bertz CT molecular complexity index is 1040. The number of thiazole rings is 1. The van der Waals surface area contributed by atoms with Gasteiger partial charge >= 0.3 is 5.97 Å². The first kappa shape index (κ1) is 19.6. The molecule has 28 heavy (non-hydrogen) atoms. The van der Waals surface area contributed by atoms with E-state index in [0.29, 0.717) is 11.3 Å². The Morgan fingerprint density at radius 2 is 1.86 bits per heavy atom. The predicted molar refractivity (Wildman–Crippen MR) is 95.8 cm³/mol. The first-order valence-corrected chi connectivity index (χ1v) is 8.71. The van der Waals surface area contributed by atoms with Gasteiger partial charge in [-0.3, -0.25) is 14.9 Å². The Morgan fingerprint density at radius 1 is 1.14 bits per heavy atom. The molecule has 0 spiro atoms. The molecule has 0 saturated carbocycles. The van der Waals surface area contributed by atoms with E-state index in [4.69, 9.17) is 9.47 Å². The van der Waals surface area contributed by atoms with Gasteiger partial charge in [-0.1, -0.05) is 23.5 Å². The molecular formula is C18H13F3N2O4S. The minimum atomic E-state index is -1.64. The number of methoxy groups -OCH3 is 1. The second-order valence-electron chi connectivity index (χ2n) is 5.59. The summed E-state index contributed by atoms with van der Waals surface area (Å²) >= 11 is 0.761. The molecular weight excluding hydrogens is 397 g/mol. The Morgan fingerprint density at radius 3 is 2.54 bits per heavy atom. The molecule has 0 fully saturated rings. The monoisotopic (exact) mass is 410 g/mol. The first-order chi connectivity index (χ1) is 13.4. The summed E-state index contributed by atoms with van der Waals surface area (Å²) in [6, 6.07) is 7.54. The molecule has 146 valence electrons. The molecule has 3 aromatic rings. The fraction of sp³-hybridized carbons (Fsp3) is 0.167. The molecule has 0 aliphatic heterocycles. The van der Waals surface area contributed by atoms with E-state index in [-0.39, 0.29) is 16.3 Å². The maximum Gasteiger partial charge on any atom is 0.310 e. The van der Waals surface area contributed by atoms with Crippen molar-refractivity contribution < 1.29 is 32.2 Å². The zero-order valence-corrected chi connectivity index (χ0v) is 15.2. The lowest BCUT2D eigenvalue weighted by Gasteiger charge is -2.05. The van der Waals surface area contributed by atoms with Crippen molar-refractivity contribution in [3.63, 3.8) is 0 Å². The quantitative estimate of drug-likeness (QED) is 0.498. The molecule has 1 heterocycles.